The van der Waals surface area contributed by atoms with Crippen LogP contribution in [0.4, 0.5) is 0 Å². The lowest BCUT2D eigenvalue weighted by atomic mass is 9.95. The van der Waals surface area contributed by atoms with Crippen molar-refractivity contribution < 1.29 is 33.0 Å². The van der Waals surface area contributed by atoms with Crippen molar-refractivity contribution >= 4 is 27.5 Å². The van der Waals surface area contributed by atoms with Gasteiger partial charge in [-0.1, -0.05) is 18.6 Å². The van der Waals surface area contributed by atoms with Crippen molar-refractivity contribution in [1.82, 2.24) is 9.21 Å². The van der Waals surface area contributed by atoms with Gasteiger partial charge in [0.2, 0.25) is 10.0 Å². The molecule has 35 heavy (non-hydrogen) atoms. The van der Waals surface area contributed by atoms with Crippen LogP contribution in [0.3, 0.4) is 0 Å². The Hall–Kier alpha value is -3.21. The first-order valence-corrected chi connectivity index (χ1v) is 12.9. The maximum Gasteiger partial charge on any atom is 0.295 e. The standard InChI is InChI=1S/C25H28N2O7S/c1-34-15-14-27-22(18-6-5-7-19(28)16-18)21(24(30)25(27)31)23(29)17-8-10-20(11-9-17)35(32,33)26-12-3-2-4-13-26/h5-11,16,22,28-29H,2-4,12-15H2,1H3/t22-/m0/s1. The number of sulfonamides is 1. The van der Waals surface area contributed by atoms with Gasteiger partial charge in [0.15, 0.2) is 0 Å². The number of hydrogen-bond donors (Lipinski definition) is 2. The number of phenolic OH excluding ortho intramolecular Hbond substituents is 1. The highest BCUT2D eigenvalue weighted by molar-refractivity contribution is 7.89. The molecular formula is C25H28N2O7S. The van der Waals surface area contributed by atoms with E-state index < -0.39 is 33.5 Å². The van der Waals surface area contributed by atoms with Crippen LogP contribution in [-0.4, -0.2) is 72.9 Å². The molecule has 9 nitrogen and oxygen atoms in total. The van der Waals surface area contributed by atoms with Crippen LogP contribution in [0, 0.1) is 0 Å². The van der Waals surface area contributed by atoms with Crippen LogP contribution in [0.1, 0.15) is 36.4 Å². The summed E-state index contributed by atoms with van der Waals surface area (Å²) in [7, 11) is -2.18. The molecule has 4 rings (SSSR count). The number of aliphatic hydroxyl groups is 1. The highest BCUT2D eigenvalue weighted by Crippen LogP contribution is 2.40. The molecule has 2 N–H and O–H groups in total. The van der Waals surface area contributed by atoms with E-state index in [2.05, 4.69) is 0 Å². The van der Waals surface area contributed by atoms with Crippen LogP contribution in [0.5, 0.6) is 5.75 Å². The average molecular weight is 501 g/mol. The number of ether oxygens (including phenoxy) is 1. The molecule has 0 saturated carbocycles. The number of aliphatic hydroxyl groups excluding tert-OH is 1. The van der Waals surface area contributed by atoms with Gasteiger partial charge < -0.3 is 19.8 Å². The van der Waals surface area contributed by atoms with Gasteiger partial charge >= 0.3 is 0 Å². The molecule has 0 bridgehead atoms. The number of Topliss-reactive ketones (excluding diaryl/α,β-unsaturated/α-hetero) is 1. The van der Waals surface area contributed by atoms with Crippen molar-refractivity contribution in [3.63, 3.8) is 0 Å². The molecule has 2 aromatic rings. The summed E-state index contributed by atoms with van der Waals surface area (Å²) in [4.78, 5) is 27.2. The summed E-state index contributed by atoms with van der Waals surface area (Å²) in [5, 5.41) is 21.1. The lowest BCUT2D eigenvalue weighted by Gasteiger charge is -2.26. The van der Waals surface area contributed by atoms with Gasteiger partial charge in [-0.05, 0) is 54.8 Å². The third kappa shape index (κ3) is 4.82. The summed E-state index contributed by atoms with van der Waals surface area (Å²) in [6.45, 7) is 1.22. The van der Waals surface area contributed by atoms with Crippen molar-refractivity contribution in [2.45, 2.75) is 30.2 Å². The molecule has 1 atom stereocenters. The average Bonchev–Trinajstić information content (AvgIpc) is 3.12. The SMILES string of the molecule is COCCN1C(=O)C(=O)C(=C(O)c2ccc(S(=O)(=O)N3CCCCC3)cc2)[C@@H]1c1cccc(O)c1. The van der Waals surface area contributed by atoms with E-state index in [0.29, 0.717) is 18.7 Å². The molecule has 2 fully saturated rings. The van der Waals surface area contributed by atoms with E-state index >= 15 is 0 Å². The molecule has 0 radical (unpaired) electrons. The Bertz CT molecular complexity index is 1250. The number of phenols is 1. The monoisotopic (exact) mass is 500 g/mol. The van der Waals surface area contributed by atoms with Crippen LogP contribution in [0.2, 0.25) is 0 Å². The number of likely N-dealkylation sites (tertiary alicyclic amines) is 1. The Morgan fingerprint density at radius 3 is 2.37 bits per heavy atom. The van der Waals surface area contributed by atoms with Gasteiger partial charge in [-0.15, -0.1) is 0 Å². The number of benzene rings is 2. The zero-order valence-corrected chi connectivity index (χ0v) is 20.2. The van der Waals surface area contributed by atoms with Crippen molar-refractivity contribution in [1.29, 1.82) is 0 Å². The van der Waals surface area contributed by atoms with E-state index in [1.54, 1.807) is 12.1 Å². The Kier molecular flexibility index (Phi) is 7.25. The number of aromatic hydroxyl groups is 1. The fraction of sp³-hybridized carbons (Fsp3) is 0.360. The molecule has 2 aromatic carbocycles. The Labute approximate surface area is 204 Å². The van der Waals surface area contributed by atoms with Crippen molar-refractivity contribution in [2.24, 2.45) is 0 Å². The summed E-state index contributed by atoms with van der Waals surface area (Å²) in [6, 6.07) is 10.8. The minimum atomic E-state index is -3.66. The molecule has 0 unspecified atom stereocenters. The fourth-order valence-electron chi connectivity index (χ4n) is 4.54. The van der Waals surface area contributed by atoms with Gasteiger partial charge in [-0.2, -0.15) is 4.31 Å². The second kappa shape index (κ2) is 10.2. The predicted octanol–water partition coefficient (Wildman–Crippen LogP) is 2.63. The second-order valence-corrected chi connectivity index (χ2v) is 10.5. The first-order valence-electron chi connectivity index (χ1n) is 11.4. The zero-order valence-electron chi connectivity index (χ0n) is 19.4. The van der Waals surface area contributed by atoms with Crippen LogP contribution in [-0.2, 0) is 24.3 Å². The lowest BCUT2D eigenvalue weighted by Crippen LogP contribution is -2.35. The van der Waals surface area contributed by atoms with Crippen LogP contribution >= 0.6 is 0 Å². The topological polar surface area (TPSA) is 124 Å². The quantitative estimate of drug-likeness (QED) is 0.340. The van der Waals surface area contributed by atoms with E-state index in [-0.39, 0.29) is 34.9 Å². The third-order valence-electron chi connectivity index (χ3n) is 6.34. The number of piperidine rings is 1. The number of carbonyl (C=O) groups is 2. The molecule has 2 heterocycles. The normalized spacial score (nSPS) is 20.9. The number of nitrogens with zero attached hydrogens (tertiary/aromatic N) is 2. The second-order valence-electron chi connectivity index (χ2n) is 8.57. The molecule has 2 aliphatic heterocycles. The van der Waals surface area contributed by atoms with Crippen LogP contribution < -0.4 is 0 Å². The molecule has 2 aliphatic rings. The van der Waals surface area contributed by atoms with Crippen molar-refractivity contribution in [3.05, 3.63) is 65.2 Å². The molecule has 0 aromatic heterocycles. The number of rotatable bonds is 7. The first-order chi connectivity index (χ1) is 16.8. The number of hydrogen-bond acceptors (Lipinski definition) is 7. The Morgan fingerprint density at radius 1 is 1.06 bits per heavy atom. The minimum absolute atomic E-state index is 0.0490. The predicted molar refractivity (Wildman–Crippen MR) is 128 cm³/mol. The summed E-state index contributed by atoms with van der Waals surface area (Å²) in [6.07, 6.45) is 2.63. The van der Waals surface area contributed by atoms with Crippen molar-refractivity contribution in [2.75, 3.05) is 33.4 Å². The van der Waals surface area contributed by atoms with Crippen molar-refractivity contribution in [3.8, 4) is 5.75 Å². The maximum absolute atomic E-state index is 13.0. The summed E-state index contributed by atoms with van der Waals surface area (Å²) < 4.78 is 32.4. The molecule has 0 aliphatic carbocycles. The van der Waals surface area contributed by atoms with Gasteiger partial charge in [-0.3, -0.25) is 9.59 Å². The molecular weight excluding hydrogens is 472 g/mol. The highest BCUT2D eigenvalue weighted by Gasteiger charge is 2.46. The van der Waals surface area contributed by atoms with Gasteiger partial charge in [0, 0.05) is 32.3 Å². The lowest BCUT2D eigenvalue weighted by molar-refractivity contribution is -0.140. The molecule has 0 spiro atoms. The number of amides is 1. The van der Waals surface area contributed by atoms with Gasteiger partial charge in [0.1, 0.15) is 11.5 Å². The molecule has 2 saturated heterocycles. The van der Waals surface area contributed by atoms with Crippen LogP contribution in [0.25, 0.3) is 5.76 Å². The fourth-order valence-corrected chi connectivity index (χ4v) is 6.05. The summed E-state index contributed by atoms with van der Waals surface area (Å²) in [5.41, 5.74) is 0.520. The number of carbonyl (C=O) groups excluding carboxylic acids is 2. The molecule has 10 heteroatoms. The Morgan fingerprint density at radius 2 is 1.74 bits per heavy atom. The van der Waals surface area contributed by atoms with E-state index in [1.807, 2.05) is 0 Å². The third-order valence-corrected chi connectivity index (χ3v) is 8.26. The molecule has 1 amide bonds. The van der Waals surface area contributed by atoms with Crippen LogP contribution in [0.15, 0.2) is 59.0 Å². The van der Waals surface area contributed by atoms with E-state index in [1.165, 1.54) is 52.7 Å². The number of ketones is 1. The van der Waals surface area contributed by atoms with Gasteiger partial charge in [-0.25, -0.2) is 8.42 Å². The largest absolute Gasteiger partial charge is 0.508 e. The Balaban J connectivity index is 1.74. The first kappa shape index (κ1) is 24.9. The van der Waals surface area contributed by atoms with E-state index in [4.69, 9.17) is 4.74 Å². The highest BCUT2D eigenvalue weighted by atomic mass is 32.2. The maximum atomic E-state index is 13.0. The van der Waals surface area contributed by atoms with Gasteiger partial charge in [0.05, 0.1) is 23.1 Å². The zero-order chi connectivity index (χ0) is 25.2. The van der Waals surface area contributed by atoms with Gasteiger partial charge in [0.25, 0.3) is 11.7 Å². The van der Waals surface area contributed by atoms with E-state index in [9.17, 15) is 28.2 Å². The number of methoxy groups -OCH3 is 1. The smallest absolute Gasteiger partial charge is 0.295 e. The minimum Gasteiger partial charge on any atom is -0.508 e. The van der Waals surface area contributed by atoms with E-state index in [0.717, 1.165) is 19.3 Å². The summed E-state index contributed by atoms with van der Waals surface area (Å²) >= 11 is 0. The summed E-state index contributed by atoms with van der Waals surface area (Å²) in [5.74, 6) is -2.12. The molecule has 186 valence electrons.